The average molecular weight is 248 g/mol. The lowest BCUT2D eigenvalue weighted by molar-refractivity contribution is -0.121. The van der Waals surface area contributed by atoms with Crippen molar-refractivity contribution < 1.29 is 4.79 Å². The molecule has 0 saturated heterocycles. The van der Waals surface area contributed by atoms with E-state index >= 15 is 0 Å². The van der Waals surface area contributed by atoms with E-state index in [1.807, 2.05) is 0 Å². The summed E-state index contributed by atoms with van der Waals surface area (Å²) in [6.45, 7) is 3.09. The predicted octanol–water partition coefficient (Wildman–Crippen LogP) is 1.85. The van der Waals surface area contributed by atoms with Gasteiger partial charge < -0.3 is 10.6 Å². The van der Waals surface area contributed by atoms with E-state index in [2.05, 4.69) is 29.7 Å². The Morgan fingerprint density at radius 1 is 1.33 bits per heavy atom. The zero-order valence-electron chi connectivity index (χ0n) is 11.2. The van der Waals surface area contributed by atoms with Gasteiger partial charge in [-0.25, -0.2) is 0 Å². The standard InChI is InChI=1S/C15H24N2O/c1-10(14-9-11-2-3-12(14)8-11)16-7-6-15(18)17-13-4-5-13/h2-3,10-14,16H,4-9H2,1H3,(H,17,18). The molecule has 1 amide bonds. The number of fused-ring (bicyclic) bond motifs is 2. The van der Waals surface area contributed by atoms with Crippen LogP contribution in [0.25, 0.3) is 0 Å². The van der Waals surface area contributed by atoms with Gasteiger partial charge in [0, 0.05) is 25.0 Å². The molecule has 4 atom stereocenters. The van der Waals surface area contributed by atoms with Crippen molar-refractivity contribution in [3.63, 3.8) is 0 Å². The summed E-state index contributed by atoms with van der Waals surface area (Å²) < 4.78 is 0. The Kier molecular flexibility index (Phi) is 3.42. The maximum absolute atomic E-state index is 11.6. The third-order valence-electron chi connectivity index (χ3n) is 4.73. The summed E-state index contributed by atoms with van der Waals surface area (Å²) in [7, 11) is 0. The largest absolute Gasteiger partial charge is 0.353 e. The van der Waals surface area contributed by atoms with Crippen LogP contribution in [0.1, 0.15) is 39.0 Å². The van der Waals surface area contributed by atoms with E-state index in [1.54, 1.807) is 0 Å². The lowest BCUT2D eigenvalue weighted by Gasteiger charge is -2.26. The lowest BCUT2D eigenvalue weighted by Crippen LogP contribution is -2.38. The first-order valence-electron chi connectivity index (χ1n) is 7.43. The van der Waals surface area contributed by atoms with Crippen molar-refractivity contribution >= 4 is 5.91 Å². The SMILES string of the molecule is CC(NCCC(=O)NC1CC1)C1CC2C=CC1C2. The molecular formula is C15H24N2O. The molecule has 0 aromatic rings. The quantitative estimate of drug-likeness (QED) is 0.704. The van der Waals surface area contributed by atoms with Gasteiger partial charge >= 0.3 is 0 Å². The van der Waals surface area contributed by atoms with E-state index in [9.17, 15) is 4.79 Å². The van der Waals surface area contributed by atoms with Crippen LogP contribution < -0.4 is 10.6 Å². The van der Waals surface area contributed by atoms with Gasteiger partial charge in [-0.1, -0.05) is 12.2 Å². The monoisotopic (exact) mass is 248 g/mol. The summed E-state index contributed by atoms with van der Waals surface area (Å²) in [5.74, 6) is 2.62. The number of hydrogen-bond donors (Lipinski definition) is 2. The van der Waals surface area contributed by atoms with Crippen LogP contribution in [0.15, 0.2) is 12.2 Å². The summed E-state index contributed by atoms with van der Waals surface area (Å²) in [6.07, 6.45) is 10.5. The summed E-state index contributed by atoms with van der Waals surface area (Å²) in [4.78, 5) is 11.6. The van der Waals surface area contributed by atoms with Gasteiger partial charge in [-0.3, -0.25) is 4.79 Å². The Bertz CT molecular complexity index is 348. The highest BCUT2D eigenvalue weighted by Crippen LogP contribution is 2.44. The molecule has 0 aliphatic heterocycles. The Morgan fingerprint density at radius 2 is 2.17 bits per heavy atom. The Labute approximate surface area is 109 Å². The molecule has 2 N–H and O–H groups in total. The highest BCUT2D eigenvalue weighted by atomic mass is 16.1. The van der Waals surface area contributed by atoms with Crippen molar-refractivity contribution in [2.75, 3.05) is 6.54 Å². The number of nitrogens with one attached hydrogen (secondary N) is 2. The van der Waals surface area contributed by atoms with Crippen molar-refractivity contribution in [2.45, 2.75) is 51.1 Å². The normalized spacial score (nSPS) is 34.8. The fraction of sp³-hybridized carbons (Fsp3) is 0.800. The first kappa shape index (κ1) is 12.2. The van der Waals surface area contributed by atoms with Gasteiger partial charge in [0.25, 0.3) is 0 Å². The van der Waals surface area contributed by atoms with Crippen molar-refractivity contribution in [2.24, 2.45) is 17.8 Å². The molecule has 0 aromatic carbocycles. The van der Waals surface area contributed by atoms with Gasteiger partial charge in [0.15, 0.2) is 0 Å². The topological polar surface area (TPSA) is 41.1 Å². The Hall–Kier alpha value is -0.830. The minimum atomic E-state index is 0.213. The van der Waals surface area contributed by atoms with Gasteiger partial charge in [0.2, 0.25) is 5.91 Å². The number of hydrogen-bond acceptors (Lipinski definition) is 2. The molecule has 3 aliphatic rings. The van der Waals surface area contributed by atoms with Gasteiger partial charge in [-0.05, 0) is 50.4 Å². The molecule has 2 saturated carbocycles. The lowest BCUT2D eigenvalue weighted by atomic mass is 9.87. The smallest absolute Gasteiger partial charge is 0.221 e. The zero-order valence-corrected chi connectivity index (χ0v) is 11.2. The molecule has 4 unspecified atom stereocenters. The number of amides is 1. The van der Waals surface area contributed by atoms with Crippen LogP contribution >= 0.6 is 0 Å². The summed E-state index contributed by atoms with van der Waals surface area (Å²) in [5, 5.41) is 6.57. The molecule has 100 valence electrons. The second kappa shape index (κ2) is 5.04. The van der Waals surface area contributed by atoms with E-state index in [1.165, 1.54) is 25.7 Å². The maximum Gasteiger partial charge on any atom is 0.221 e. The molecule has 3 heteroatoms. The van der Waals surface area contributed by atoms with Crippen molar-refractivity contribution in [3.8, 4) is 0 Å². The van der Waals surface area contributed by atoms with Gasteiger partial charge in [-0.2, -0.15) is 0 Å². The van der Waals surface area contributed by atoms with Crippen LogP contribution in [0.4, 0.5) is 0 Å². The van der Waals surface area contributed by atoms with Crippen LogP contribution in [0, 0.1) is 17.8 Å². The van der Waals surface area contributed by atoms with Crippen molar-refractivity contribution in [1.29, 1.82) is 0 Å². The van der Waals surface area contributed by atoms with E-state index in [0.717, 1.165) is 24.3 Å². The summed E-state index contributed by atoms with van der Waals surface area (Å²) in [6, 6.07) is 1.03. The van der Waals surface area contributed by atoms with Crippen LogP contribution in [0.5, 0.6) is 0 Å². The van der Waals surface area contributed by atoms with Crippen molar-refractivity contribution in [1.82, 2.24) is 10.6 Å². The second-order valence-electron chi connectivity index (χ2n) is 6.28. The molecule has 18 heavy (non-hydrogen) atoms. The molecule has 0 heterocycles. The third kappa shape index (κ3) is 2.77. The number of carbonyl (C=O) groups is 1. The summed E-state index contributed by atoms with van der Waals surface area (Å²) in [5.41, 5.74) is 0. The van der Waals surface area contributed by atoms with Gasteiger partial charge in [0.05, 0.1) is 0 Å². The van der Waals surface area contributed by atoms with E-state index in [-0.39, 0.29) is 5.91 Å². The third-order valence-corrected chi connectivity index (χ3v) is 4.73. The molecule has 3 rings (SSSR count). The molecule has 2 fully saturated rings. The molecule has 0 spiro atoms. The van der Waals surface area contributed by atoms with Crippen LogP contribution in [-0.4, -0.2) is 24.5 Å². The Morgan fingerprint density at radius 3 is 2.78 bits per heavy atom. The van der Waals surface area contributed by atoms with E-state index < -0.39 is 0 Å². The molecule has 3 nitrogen and oxygen atoms in total. The van der Waals surface area contributed by atoms with E-state index in [0.29, 0.717) is 18.5 Å². The van der Waals surface area contributed by atoms with Gasteiger partial charge in [-0.15, -0.1) is 0 Å². The van der Waals surface area contributed by atoms with Crippen LogP contribution in [-0.2, 0) is 4.79 Å². The highest BCUT2D eigenvalue weighted by Gasteiger charge is 2.38. The molecule has 0 radical (unpaired) electrons. The van der Waals surface area contributed by atoms with Gasteiger partial charge in [0.1, 0.15) is 0 Å². The Balaban J connectivity index is 1.35. The minimum Gasteiger partial charge on any atom is -0.353 e. The first-order valence-corrected chi connectivity index (χ1v) is 7.43. The van der Waals surface area contributed by atoms with Crippen LogP contribution in [0.2, 0.25) is 0 Å². The maximum atomic E-state index is 11.6. The average Bonchev–Trinajstić information content (AvgIpc) is 2.92. The molecular weight excluding hydrogens is 224 g/mol. The first-order chi connectivity index (χ1) is 8.72. The van der Waals surface area contributed by atoms with Crippen LogP contribution in [0.3, 0.4) is 0 Å². The number of rotatable bonds is 6. The van der Waals surface area contributed by atoms with E-state index in [4.69, 9.17) is 0 Å². The van der Waals surface area contributed by atoms with Crippen molar-refractivity contribution in [3.05, 3.63) is 12.2 Å². The number of allylic oxidation sites excluding steroid dienone is 2. The fourth-order valence-electron chi connectivity index (χ4n) is 3.49. The summed E-state index contributed by atoms with van der Waals surface area (Å²) >= 11 is 0. The highest BCUT2D eigenvalue weighted by molar-refractivity contribution is 5.76. The minimum absolute atomic E-state index is 0.213. The predicted molar refractivity (Wildman–Crippen MR) is 72.1 cm³/mol. The molecule has 3 aliphatic carbocycles. The zero-order chi connectivity index (χ0) is 12.5. The number of carbonyl (C=O) groups excluding carboxylic acids is 1. The molecule has 2 bridgehead atoms. The molecule has 0 aromatic heterocycles. The fourth-order valence-corrected chi connectivity index (χ4v) is 3.49. The second-order valence-corrected chi connectivity index (χ2v) is 6.28.